The van der Waals surface area contributed by atoms with E-state index in [0.717, 1.165) is 30.3 Å². The van der Waals surface area contributed by atoms with Gasteiger partial charge in [0.1, 0.15) is 0 Å². The van der Waals surface area contributed by atoms with Crippen molar-refractivity contribution in [3.8, 4) is 0 Å². The topological polar surface area (TPSA) is 29.1 Å². The summed E-state index contributed by atoms with van der Waals surface area (Å²) in [6, 6.07) is 7.81. The van der Waals surface area contributed by atoms with Crippen molar-refractivity contribution in [3.63, 3.8) is 0 Å². The largest absolute Gasteiger partial charge is 0.352 e. The average Bonchev–Trinajstić information content (AvgIpc) is 2.36. The molecule has 0 spiro atoms. The van der Waals surface area contributed by atoms with Crippen LogP contribution in [0.3, 0.4) is 0 Å². The fraction of sp³-hybridized carbons (Fsp3) is 0.500. The molecule has 1 N–H and O–H groups in total. The van der Waals surface area contributed by atoms with Crippen molar-refractivity contribution in [2.45, 2.75) is 26.7 Å². The first-order valence-electron chi connectivity index (χ1n) is 6.10. The van der Waals surface area contributed by atoms with Gasteiger partial charge in [-0.2, -0.15) is 0 Å². The van der Waals surface area contributed by atoms with Crippen LogP contribution >= 0.6 is 15.9 Å². The molecule has 0 heterocycles. The Kier molecular flexibility index (Phi) is 6.27. The van der Waals surface area contributed by atoms with Crippen molar-refractivity contribution in [1.29, 1.82) is 0 Å². The summed E-state index contributed by atoms with van der Waals surface area (Å²) in [5.74, 6) is 0.530. The van der Waals surface area contributed by atoms with Crippen LogP contribution in [0.1, 0.15) is 36.2 Å². The Hall–Kier alpha value is -0.830. The number of hydrogen-bond donors (Lipinski definition) is 1. The lowest BCUT2D eigenvalue weighted by molar-refractivity contribution is 0.0948. The average molecular weight is 298 g/mol. The smallest absolute Gasteiger partial charge is 0.251 e. The van der Waals surface area contributed by atoms with Crippen LogP contribution in [0.25, 0.3) is 0 Å². The van der Waals surface area contributed by atoms with Crippen LogP contribution in [0.5, 0.6) is 0 Å². The number of alkyl halides is 1. The highest BCUT2D eigenvalue weighted by atomic mass is 79.9. The predicted octanol–water partition coefficient (Wildman–Crippen LogP) is 3.40. The third kappa shape index (κ3) is 4.90. The van der Waals surface area contributed by atoms with Crippen molar-refractivity contribution in [2.75, 3.05) is 11.9 Å². The molecule has 1 aromatic carbocycles. The number of carbonyl (C=O) groups excluding carboxylic acids is 1. The number of nitrogens with one attached hydrogen (secondary N) is 1. The van der Waals surface area contributed by atoms with E-state index in [-0.39, 0.29) is 5.91 Å². The molecule has 3 heteroatoms. The maximum Gasteiger partial charge on any atom is 0.251 e. The first-order valence-corrected chi connectivity index (χ1v) is 7.22. The van der Waals surface area contributed by atoms with Gasteiger partial charge in [0, 0.05) is 17.4 Å². The number of amides is 1. The molecule has 94 valence electrons. The lowest BCUT2D eigenvalue weighted by Crippen LogP contribution is -2.28. The standard InChI is InChI=1S/C14H20BrNO/c1-3-12-4-6-13(7-5-12)14(17)16-10-11(2)8-9-15/h4-7,11H,3,8-10H2,1-2H3,(H,16,17). The molecule has 1 aromatic rings. The Morgan fingerprint density at radius 1 is 1.35 bits per heavy atom. The first-order chi connectivity index (χ1) is 8.17. The van der Waals surface area contributed by atoms with Gasteiger partial charge in [-0.1, -0.05) is 41.9 Å². The van der Waals surface area contributed by atoms with Crippen LogP contribution in [0.15, 0.2) is 24.3 Å². The second-order valence-electron chi connectivity index (χ2n) is 4.34. The van der Waals surface area contributed by atoms with Crippen LogP contribution in [0.4, 0.5) is 0 Å². The van der Waals surface area contributed by atoms with E-state index in [1.807, 2.05) is 24.3 Å². The SMILES string of the molecule is CCc1ccc(C(=O)NCC(C)CCBr)cc1. The quantitative estimate of drug-likeness (QED) is 0.801. The summed E-state index contributed by atoms with van der Waals surface area (Å²) in [6.45, 7) is 4.98. The van der Waals surface area contributed by atoms with E-state index < -0.39 is 0 Å². The predicted molar refractivity (Wildman–Crippen MR) is 75.7 cm³/mol. The number of rotatable bonds is 6. The van der Waals surface area contributed by atoms with Crippen LogP contribution in [0.2, 0.25) is 0 Å². The monoisotopic (exact) mass is 297 g/mol. The van der Waals surface area contributed by atoms with E-state index in [4.69, 9.17) is 0 Å². The molecule has 2 nitrogen and oxygen atoms in total. The molecular weight excluding hydrogens is 278 g/mol. The van der Waals surface area contributed by atoms with Gasteiger partial charge >= 0.3 is 0 Å². The normalized spacial score (nSPS) is 12.2. The number of aryl methyl sites for hydroxylation is 1. The van der Waals surface area contributed by atoms with Crippen molar-refractivity contribution in [1.82, 2.24) is 5.32 Å². The van der Waals surface area contributed by atoms with E-state index in [9.17, 15) is 4.79 Å². The lowest BCUT2D eigenvalue weighted by Gasteiger charge is -2.11. The van der Waals surface area contributed by atoms with Gasteiger partial charge < -0.3 is 5.32 Å². The molecule has 0 aliphatic heterocycles. The number of halogens is 1. The van der Waals surface area contributed by atoms with Crippen molar-refractivity contribution in [3.05, 3.63) is 35.4 Å². The molecule has 1 unspecified atom stereocenters. The highest BCUT2D eigenvalue weighted by Gasteiger charge is 2.07. The van der Waals surface area contributed by atoms with E-state index in [2.05, 4.69) is 35.1 Å². The minimum Gasteiger partial charge on any atom is -0.352 e. The van der Waals surface area contributed by atoms with E-state index in [1.165, 1.54) is 5.56 Å². The Bertz CT molecular complexity index is 348. The molecular formula is C14H20BrNO. The Labute approximate surface area is 112 Å². The van der Waals surface area contributed by atoms with Gasteiger partial charge in [-0.05, 0) is 36.5 Å². The molecule has 0 aliphatic rings. The van der Waals surface area contributed by atoms with Crippen molar-refractivity contribution < 1.29 is 4.79 Å². The molecule has 0 bridgehead atoms. The maximum absolute atomic E-state index is 11.8. The molecule has 0 fully saturated rings. The Morgan fingerprint density at radius 2 is 2.00 bits per heavy atom. The zero-order valence-electron chi connectivity index (χ0n) is 10.5. The van der Waals surface area contributed by atoms with E-state index >= 15 is 0 Å². The number of carbonyl (C=O) groups is 1. The fourth-order valence-electron chi connectivity index (χ4n) is 1.55. The molecule has 1 atom stereocenters. The molecule has 17 heavy (non-hydrogen) atoms. The summed E-state index contributed by atoms with van der Waals surface area (Å²) in [7, 11) is 0. The van der Waals surface area contributed by atoms with Gasteiger partial charge in [0.15, 0.2) is 0 Å². The third-order valence-electron chi connectivity index (χ3n) is 2.84. The van der Waals surface area contributed by atoms with Crippen LogP contribution in [0, 0.1) is 5.92 Å². The third-order valence-corrected chi connectivity index (χ3v) is 3.30. The molecule has 0 aromatic heterocycles. The van der Waals surface area contributed by atoms with Crippen molar-refractivity contribution in [2.24, 2.45) is 5.92 Å². The Balaban J connectivity index is 2.46. The minimum absolute atomic E-state index is 0.0223. The number of hydrogen-bond acceptors (Lipinski definition) is 1. The zero-order chi connectivity index (χ0) is 12.7. The molecule has 0 aliphatic carbocycles. The van der Waals surface area contributed by atoms with E-state index in [0.29, 0.717) is 5.92 Å². The molecule has 0 saturated carbocycles. The molecule has 1 amide bonds. The van der Waals surface area contributed by atoms with Crippen LogP contribution in [-0.4, -0.2) is 17.8 Å². The summed E-state index contributed by atoms with van der Waals surface area (Å²) < 4.78 is 0. The van der Waals surface area contributed by atoms with Gasteiger partial charge in [-0.3, -0.25) is 4.79 Å². The van der Waals surface area contributed by atoms with Gasteiger partial charge in [0.25, 0.3) is 5.91 Å². The van der Waals surface area contributed by atoms with Crippen LogP contribution < -0.4 is 5.32 Å². The summed E-state index contributed by atoms with van der Waals surface area (Å²) in [4.78, 5) is 11.8. The lowest BCUT2D eigenvalue weighted by atomic mass is 10.1. The summed E-state index contributed by atoms with van der Waals surface area (Å²) in [6.07, 6.45) is 2.08. The Morgan fingerprint density at radius 3 is 2.53 bits per heavy atom. The maximum atomic E-state index is 11.8. The zero-order valence-corrected chi connectivity index (χ0v) is 12.1. The molecule has 0 radical (unpaired) electrons. The van der Waals surface area contributed by atoms with Gasteiger partial charge in [-0.15, -0.1) is 0 Å². The minimum atomic E-state index is 0.0223. The van der Waals surface area contributed by atoms with E-state index in [1.54, 1.807) is 0 Å². The van der Waals surface area contributed by atoms with Gasteiger partial charge in [0.2, 0.25) is 0 Å². The first kappa shape index (κ1) is 14.2. The van der Waals surface area contributed by atoms with Crippen LogP contribution in [-0.2, 0) is 6.42 Å². The summed E-state index contributed by atoms with van der Waals surface area (Å²) >= 11 is 3.41. The molecule has 0 saturated heterocycles. The summed E-state index contributed by atoms with van der Waals surface area (Å²) in [5, 5.41) is 3.94. The second-order valence-corrected chi connectivity index (χ2v) is 5.14. The van der Waals surface area contributed by atoms with Crippen molar-refractivity contribution >= 4 is 21.8 Å². The number of benzene rings is 1. The highest BCUT2D eigenvalue weighted by Crippen LogP contribution is 2.06. The fourth-order valence-corrected chi connectivity index (χ4v) is 2.33. The highest BCUT2D eigenvalue weighted by molar-refractivity contribution is 9.09. The second kappa shape index (κ2) is 7.49. The summed E-state index contributed by atoms with van der Waals surface area (Å²) in [5.41, 5.74) is 2.00. The van der Waals surface area contributed by atoms with Gasteiger partial charge in [-0.25, -0.2) is 0 Å². The van der Waals surface area contributed by atoms with Gasteiger partial charge in [0.05, 0.1) is 0 Å². The molecule has 1 rings (SSSR count).